The van der Waals surface area contributed by atoms with Crippen LogP contribution in [0.3, 0.4) is 0 Å². The molecule has 0 bridgehead atoms. The van der Waals surface area contributed by atoms with Crippen molar-refractivity contribution in [2.45, 2.75) is 45.1 Å². The molecule has 0 aliphatic carbocycles. The van der Waals surface area contributed by atoms with Gasteiger partial charge in [0.05, 0.1) is 0 Å². The van der Waals surface area contributed by atoms with E-state index in [0.29, 0.717) is 31.7 Å². The number of nitrogens with zero attached hydrogens (tertiary/aromatic N) is 2. The Morgan fingerprint density at radius 2 is 2.00 bits per heavy atom. The Hall–Kier alpha value is -2.31. The Bertz CT molecular complexity index is 658. The van der Waals surface area contributed by atoms with E-state index < -0.39 is 5.97 Å². The lowest BCUT2D eigenvalue weighted by molar-refractivity contribution is -0.130. The number of piperidine rings is 1. The first kappa shape index (κ1) is 16.5. The molecule has 0 saturated carbocycles. The lowest BCUT2D eigenvalue weighted by Crippen LogP contribution is -2.47. The zero-order valence-corrected chi connectivity index (χ0v) is 13.8. The van der Waals surface area contributed by atoms with Gasteiger partial charge in [0.25, 0.3) is 5.91 Å². The van der Waals surface area contributed by atoms with Gasteiger partial charge < -0.3 is 19.3 Å². The Morgan fingerprint density at radius 1 is 1.29 bits per heavy atom. The number of carbonyl (C=O) groups excluding carboxylic acids is 2. The Morgan fingerprint density at radius 3 is 2.50 bits per heavy atom. The number of hydrogen-bond acceptors (Lipinski definition) is 4. The van der Waals surface area contributed by atoms with Crippen LogP contribution >= 0.6 is 0 Å². The minimum absolute atomic E-state index is 0.0541. The molecule has 7 nitrogen and oxygen atoms in total. The number of aryl methyl sites for hydroxylation is 1. The fraction of sp³-hybridized carbons (Fsp3) is 0.588. The summed E-state index contributed by atoms with van der Waals surface area (Å²) in [5, 5.41) is 9.16. The van der Waals surface area contributed by atoms with E-state index in [1.165, 1.54) is 6.07 Å². The molecule has 1 N–H and O–H groups in total. The Labute approximate surface area is 140 Å². The summed E-state index contributed by atoms with van der Waals surface area (Å²) >= 11 is 0. The van der Waals surface area contributed by atoms with Crippen molar-refractivity contribution >= 4 is 17.8 Å². The van der Waals surface area contributed by atoms with Crippen LogP contribution < -0.4 is 0 Å². The van der Waals surface area contributed by atoms with Crippen molar-refractivity contribution in [2.24, 2.45) is 0 Å². The molecule has 7 heteroatoms. The van der Waals surface area contributed by atoms with Crippen molar-refractivity contribution in [3.8, 4) is 0 Å². The van der Waals surface area contributed by atoms with E-state index in [0.717, 1.165) is 25.8 Å². The average Bonchev–Trinajstić information content (AvgIpc) is 3.20. The molecular weight excluding hydrogens is 312 g/mol. The predicted molar refractivity (Wildman–Crippen MR) is 84.9 cm³/mol. The van der Waals surface area contributed by atoms with Crippen LogP contribution in [-0.2, 0) is 11.2 Å². The van der Waals surface area contributed by atoms with E-state index in [2.05, 4.69) is 0 Å². The number of carboxylic acids is 1. The second kappa shape index (κ2) is 6.67. The number of likely N-dealkylation sites (tertiary alicyclic amines) is 2. The number of rotatable bonds is 4. The Balaban J connectivity index is 1.65. The summed E-state index contributed by atoms with van der Waals surface area (Å²) in [7, 11) is 0. The van der Waals surface area contributed by atoms with Crippen molar-refractivity contribution in [2.75, 3.05) is 19.6 Å². The van der Waals surface area contributed by atoms with E-state index in [9.17, 15) is 14.4 Å². The van der Waals surface area contributed by atoms with Gasteiger partial charge in [-0.1, -0.05) is 6.92 Å². The molecule has 2 aliphatic heterocycles. The highest BCUT2D eigenvalue weighted by molar-refractivity contribution is 5.96. The van der Waals surface area contributed by atoms with Crippen molar-refractivity contribution in [3.05, 3.63) is 23.2 Å². The molecular formula is C17H22N2O5. The van der Waals surface area contributed by atoms with Gasteiger partial charge in [-0.15, -0.1) is 0 Å². The molecule has 0 spiro atoms. The largest absolute Gasteiger partial charge is 0.478 e. The molecule has 24 heavy (non-hydrogen) atoms. The van der Waals surface area contributed by atoms with Crippen LogP contribution in [-0.4, -0.2) is 58.4 Å². The van der Waals surface area contributed by atoms with Crippen LogP contribution in [0, 0.1) is 0 Å². The summed E-state index contributed by atoms with van der Waals surface area (Å²) in [6, 6.07) is 1.53. The van der Waals surface area contributed by atoms with Gasteiger partial charge in [-0.25, -0.2) is 4.79 Å². The van der Waals surface area contributed by atoms with Crippen LogP contribution in [0.15, 0.2) is 10.5 Å². The van der Waals surface area contributed by atoms with Gasteiger partial charge >= 0.3 is 5.97 Å². The molecule has 1 aromatic heterocycles. The van der Waals surface area contributed by atoms with E-state index in [1.807, 2.05) is 4.90 Å². The summed E-state index contributed by atoms with van der Waals surface area (Å²) in [4.78, 5) is 39.2. The van der Waals surface area contributed by atoms with E-state index in [1.54, 1.807) is 11.8 Å². The van der Waals surface area contributed by atoms with Crippen LogP contribution in [0.4, 0.5) is 0 Å². The summed E-state index contributed by atoms with van der Waals surface area (Å²) in [6.07, 6.45) is 3.48. The van der Waals surface area contributed by atoms with Crippen LogP contribution in [0.2, 0.25) is 0 Å². The summed E-state index contributed by atoms with van der Waals surface area (Å²) in [6.45, 7) is 3.71. The predicted octanol–water partition coefficient (Wildman–Crippen LogP) is 1.77. The third kappa shape index (κ3) is 3.02. The number of furan rings is 1. The highest BCUT2D eigenvalue weighted by Gasteiger charge is 2.33. The smallest absolute Gasteiger partial charge is 0.339 e. The van der Waals surface area contributed by atoms with E-state index >= 15 is 0 Å². The molecule has 2 amide bonds. The first-order valence-electron chi connectivity index (χ1n) is 8.46. The lowest BCUT2D eigenvalue weighted by Gasteiger charge is -2.36. The van der Waals surface area contributed by atoms with Gasteiger partial charge in [0.2, 0.25) is 5.91 Å². The zero-order valence-electron chi connectivity index (χ0n) is 13.8. The molecule has 1 aromatic rings. The lowest BCUT2D eigenvalue weighted by atomic mass is 10.0. The standard InChI is InChI=1S/C17H22N2O5/c1-2-13-12(17(22)23)10-14(24-13)16(21)18-8-5-11(6-9-18)19-7-3-4-15(19)20/h10-11H,2-9H2,1H3,(H,22,23). The fourth-order valence-electron chi connectivity index (χ4n) is 3.57. The third-order valence-electron chi connectivity index (χ3n) is 4.87. The fourth-order valence-corrected chi connectivity index (χ4v) is 3.57. The molecule has 0 atom stereocenters. The molecule has 2 fully saturated rings. The van der Waals surface area contributed by atoms with Crippen molar-refractivity contribution < 1.29 is 23.9 Å². The summed E-state index contributed by atoms with van der Waals surface area (Å²) in [5.74, 6) is -0.739. The molecule has 0 unspecified atom stereocenters. The normalized spacial score (nSPS) is 19.1. The maximum atomic E-state index is 12.6. The number of hydrogen-bond donors (Lipinski definition) is 1. The highest BCUT2D eigenvalue weighted by Crippen LogP contribution is 2.24. The number of aromatic carboxylic acids is 1. The summed E-state index contributed by atoms with van der Waals surface area (Å²) in [5.41, 5.74) is 0.0541. The second-order valence-electron chi connectivity index (χ2n) is 6.32. The monoisotopic (exact) mass is 334 g/mol. The van der Waals surface area contributed by atoms with Crippen molar-refractivity contribution in [3.63, 3.8) is 0 Å². The van der Waals surface area contributed by atoms with Gasteiger partial charge in [0.15, 0.2) is 5.76 Å². The van der Waals surface area contributed by atoms with E-state index in [4.69, 9.17) is 9.52 Å². The van der Waals surface area contributed by atoms with Gasteiger partial charge in [-0.05, 0) is 19.3 Å². The van der Waals surface area contributed by atoms with E-state index in [-0.39, 0.29) is 29.2 Å². The minimum Gasteiger partial charge on any atom is -0.478 e. The number of amides is 2. The van der Waals surface area contributed by atoms with Gasteiger partial charge in [-0.3, -0.25) is 9.59 Å². The zero-order chi connectivity index (χ0) is 17.3. The first-order chi connectivity index (χ1) is 11.5. The van der Waals surface area contributed by atoms with Gasteiger partial charge in [0.1, 0.15) is 11.3 Å². The Kier molecular flexibility index (Phi) is 4.59. The first-order valence-corrected chi connectivity index (χ1v) is 8.46. The van der Waals surface area contributed by atoms with Crippen molar-refractivity contribution in [1.29, 1.82) is 0 Å². The second-order valence-corrected chi connectivity index (χ2v) is 6.32. The van der Waals surface area contributed by atoms with Crippen molar-refractivity contribution in [1.82, 2.24) is 9.80 Å². The SMILES string of the molecule is CCc1oc(C(=O)N2CCC(N3CCCC3=O)CC2)cc1C(=O)O. The maximum absolute atomic E-state index is 12.6. The average molecular weight is 334 g/mol. The maximum Gasteiger partial charge on any atom is 0.339 e. The third-order valence-corrected chi connectivity index (χ3v) is 4.87. The molecule has 2 aliphatic rings. The molecule has 3 heterocycles. The van der Waals surface area contributed by atoms with Gasteiger partial charge in [0, 0.05) is 44.6 Å². The molecule has 3 rings (SSSR count). The molecule has 0 aromatic carbocycles. The van der Waals surface area contributed by atoms with Crippen LogP contribution in [0.5, 0.6) is 0 Å². The molecule has 0 radical (unpaired) electrons. The topological polar surface area (TPSA) is 91.1 Å². The molecule has 130 valence electrons. The summed E-state index contributed by atoms with van der Waals surface area (Å²) < 4.78 is 5.45. The van der Waals surface area contributed by atoms with Crippen LogP contribution in [0.25, 0.3) is 0 Å². The molecule has 2 saturated heterocycles. The number of carboxylic acid groups (broad SMARTS) is 1. The highest BCUT2D eigenvalue weighted by atomic mass is 16.4. The quantitative estimate of drug-likeness (QED) is 0.906. The number of carbonyl (C=O) groups is 3. The van der Waals surface area contributed by atoms with Crippen LogP contribution in [0.1, 0.15) is 59.3 Å². The van der Waals surface area contributed by atoms with Gasteiger partial charge in [-0.2, -0.15) is 0 Å². The minimum atomic E-state index is -1.08.